The molecule has 4 N–H and O–H groups in total. The van der Waals surface area contributed by atoms with Crippen LogP contribution in [0.25, 0.3) is 21.8 Å². The summed E-state index contributed by atoms with van der Waals surface area (Å²) in [6, 6.07) is 20.8. The van der Waals surface area contributed by atoms with Crippen LogP contribution in [0.1, 0.15) is 35.4 Å². The lowest BCUT2D eigenvalue weighted by Gasteiger charge is -2.32. The number of carbonyl (C=O) groups is 2. The Kier molecular flexibility index (Phi) is 8.67. The summed E-state index contributed by atoms with van der Waals surface area (Å²) in [6.07, 6.45) is 6.28. The Labute approximate surface area is 255 Å². The Morgan fingerprint density at radius 2 is 1.70 bits per heavy atom. The van der Waals surface area contributed by atoms with Gasteiger partial charge in [0.25, 0.3) is 0 Å². The molecular formula is C34H36ClN5O3. The van der Waals surface area contributed by atoms with E-state index >= 15 is 0 Å². The first-order valence-electron chi connectivity index (χ1n) is 14.7. The van der Waals surface area contributed by atoms with Crippen LogP contribution in [0.5, 0.6) is 5.75 Å². The number of H-pyrrole nitrogens is 2. The molecule has 8 nitrogen and oxygen atoms in total. The molecular weight excluding hydrogens is 562 g/mol. The average molecular weight is 598 g/mol. The van der Waals surface area contributed by atoms with Crippen molar-refractivity contribution in [2.75, 3.05) is 26.7 Å². The Bertz CT molecular complexity index is 1740. The summed E-state index contributed by atoms with van der Waals surface area (Å²) in [4.78, 5) is 35.6. The Morgan fingerprint density at radius 1 is 0.953 bits per heavy atom. The first-order valence-corrected chi connectivity index (χ1v) is 15.1. The Morgan fingerprint density at radius 3 is 2.53 bits per heavy atom. The maximum Gasteiger partial charge on any atom is 0.243 e. The number of aromatic nitrogens is 2. The van der Waals surface area contributed by atoms with Gasteiger partial charge in [0, 0.05) is 57.8 Å². The molecule has 1 aliphatic heterocycles. The lowest BCUT2D eigenvalue weighted by Crippen LogP contribution is -2.51. The highest BCUT2D eigenvalue weighted by atomic mass is 35.5. The van der Waals surface area contributed by atoms with Gasteiger partial charge in [-0.05, 0) is 73.3 Å². The number of rotatable bonds is 10. The fourth-order valence-corrected chi connectivity index (χ4v) is 6.35. The van der Waals surface area contributed by atoms with Crippen LogP contribution in [0.2, 0.25) is 5.02 Å². The van der Waals surface area contributed by atoms with Crippen LogP contribution in [0, 0.1) is 0 Å². The number of halogens is 1. The molecule has 0 bridgehead atoms. The van der Waals surface area contributed by atoms with Crippen molar-refractivity contribution in [3.05, 3.63) is 101 Å². The summed E-state index contributed by atoms with van der Waals surface area (Å²) in [5.74, 6) is 0.719. The molecule has 0 unspecified atom stereocenters. The SMILES string of the molecule is COc1ccccc1CNC(=O)[C@@H](Cc1c[nH]c2ccccc12)NC(=O)CN1CCC(c2c[nH]c3ccc(Cl)cc23)CC1. The van der Waals surface area contributed by atoms with Crippen LogP contribution >= 0.6 is 11.6 Å². The second-order valence-corrected chi connectivity index (χ2v) is 11.6. The maximum atomic E-state index is 13.5. The van der Waals surface area contributed by atoms with E-state index in [-0.39, 0.29) is 18.4 Å². The van der Waals surface area contributed by atoms with E-state index in [0.717, 1.165) is 58.5 Å². The largest absolute Gasteiger partial charge is 0.496 e. The number of methoxy groups -OCH3 is 1. The minimum atomic E-state index is -0.727. The standard InChI is InChI=1S/C34H36ClN5O3/c1-43-32-9-5-2-6-23(32)18-38-34(42)31(16-24-19-36-29-8-4-3-7-26(24)29)39-33(41)21-40-14-12-22(13-15-40)28-20-37-30-11-10-25(35)17-27(28)30/h2-11,17,19-20,22,31,36-37H,12-16,18,21H2,1H3,(H,38,42)(H,39,41)/t31-/m1/s1. The quantitative estimate of drug-likeness (QED) is 0.170. The Hall–Kier alpha value is -4.27. The summed E-state index contributed by atoms with van der Waals surface area (Å²) in [5.41, 5.74) is 5.22. The molecule has 3 heterocycles. The number of piperidine rings is 1. The average Bonchev–Trinajstić information content (AvgIpc) is 3.64. The van der Waals surface area contributed by atoms with Gasteiger partial charge in [0.1, 0.15) is 11.8 Å². The van der Waals surface area contributed by atoms with Gasteiger partial charge in [-0.15, -0.1) is 0 Å². The van der Waals surface area contributed by atoms with Crippen LogP contribution in [0.15, 0.2) is 79.1 Å². The molecule has 0 spiro atoms. The van der Waals surface area contributed by atoms with Crippen LogP contribution in [-0.2, 0) is 22.6 Å². The highest BCUT2D eigenvalue weighted by Gasteiger charge is 2.27. The van der Waals surface area contributed by atoms with Crippen molar-refractivity contribution in [2.45, 2.75) is 37.8 Å². The van der Waals surface area contributed by atoms with Gasteiger partial charge in [-0.2, -0.15) is 0 Å². The first kappa shape index (κ1) is 28.8. The lowest BCUT2D eigenvalue weighted by atomic mass is 9.89. The fraction of sp³-hybridized carbons (Fsp3) is 0.294. The summed E-state index contributed by atoms with van der Waals surface area (Å²) in [7, 11) is 1.61. The molecule has 222 valence electrons. The predicted octanol–water partition coefficient (Wildman–Crippen LogP) is 5.53. The molecule has 1 atom stereocenters. The van der Waals surface area contributed by atoms with Crippen molar-refractivity contribution >= 4 is 45.2 Å². The third-order valence-corrected chi connectivity index (χ3v) is 8.70. The topological polar surface area (TPSA) is 102 Å². The second kappa shape index (κ2) is 12.9. The summed E-state index contributed by atoms with van der Waals surface area (Å²) in [6.45, 7) is 2.16. The van der Waals surface area contributed by atoms with Crippen molar-refractivity contribution in [2.24, 2.45) is 0 Å². The number of benzene rings is 3. The number of fused-ring (bicyclic) bond motifs is 2. The molecule has 0 saturated carbocycles. The van der Waals surface area contributed by atoms with Gasteiger partial charge in [-0.3, -0.25) is 14.5 Å². The minimum Gasteiger partial charge on any atom is -0.496 e. The number of aromatic amines is 2. The highest BCUT2D eigenvalue weighted by molar-refractivity contribution is 6.31. The summed E-state index contributed by atoms with van der Waals surface area (Å²) < 4.78 is 5.44. The van der Waals surface area contributed by atoms with Crippen molar-refractivity contribution in [1.29, 1.82) is 0 Å². The number of nitrogens with zero attached hydrogens (tertiary/aromatic N) is 1. The van der Waals surface area contributed by atoms with E-state index in [1.165, 1.54) is 10.9 Å². The molecule has 43 heavy (non-hydrogen) atoms. The monoisotopic (exact) mass is 597 g/mol. The van der Waals surface area contributed by atoms with Crippen molar-refractivity contribution in [1.82, 2.24) is 25.5 Å². The number of hydrogen-bond acceptors (Lipinski definition) is 4. The fourth-order valence-electron chi connectivity index (χ4n) is 6.18. The van der Waals surface area contributed by atoms with Gasteiger partial charge < -0.3 is 25.3 Å². The molecule has 3 aromatic carbocycles. The van der Waals surface area contributed by atoms with Crippen molar-refractivity contribution in [3.63, 3.8) is 0 Å². The minimum absolute atomic E-state index is 0.158. The lowest BCUT2D eigenvalue weighted by molar-refractivity contribution is -0.129. The van der Waals surface area contributed by atoms with Crippen LogP contribution < -0.4 is 15.4 Å². The van der Waals surface area contributed by atoms with Gasteiger partial charge in [-0.25, -0.2) is 0 Å². The number of ether oxygens (including phenoxy) is 1. The van der Waals surface area contributed by atoms with E-state index in [0.29, 0.717) is 24.6 Å². The smallest absolute Gasteiger partial charge is 0.243 e. The van der Waals surface area contributed by atoms with E-state index in [2.05, 4.69) is 31.7 Å². The number of carbonyl (C=O) groups excluding carboxylic acids is 2. The first-order chi connectivity index (χ1) is 21.0. The van der Waals surface area contributed by atoms with E-state index in [9.17, 15) is 9.59 Å². The van der Waals surface area contributed by atoms with Crippen LogP contribution in [0.3, 0.4) is 0 Å². The molecule has 1 saturated heterocycles. The van der Waals surface area contributed by atoms with Gasteiger partial charge in [0.2, 0.25) is 11.8 Å². The predicted molar refractivity (Wildman–Crippen MR) is 170 cm³/mol. The molecule has 2 amide bonds. The molecule has 0 aliphatic carbocycles. The van der Waals surface area contributed by atoms with Gasteiger partial charge in [-0.1, -0.05) is 48.0 Å². The number of hydrogen-bond donors (Lipinski definition) is 4. The van der Waals surface area contributed by atoms with Gasteiger partial charge >= 0.3 is 0 Å². The zero-order chi connectivity index (χ0) is 29.8. The summed E-state index contributed by atoms with van der Waals surface area (Å²) >= 11 is 6.27. The van der Waals surface area contributed by atoms with Crippen molar-refractivity contribution < 1.29 is 14.3 Å². The number of amides is 2. The molecule has 1 aliphatic rings. The molecule has 5 aromatic rings. The van der Waals surface area contributed by atoms with E-state index in [1.54, 1.807) is 7.11 Å². The normalized spacial score (nSPS) is 15.0. The zero-order valence-corrected chi connectivity index (χ0v) is 24.9. The van der Waals surface area contributed by atoms with Crippen molar-refractivity contribution in [3.8, 4) is 5.75 Å². The number of nitrogens with one attached hydrogen (secondary N) is 4. The van der Waals surface area contributed by atoms with Gasteiger partial charge in [0.15, 0.2) is 0 Å². The molecule has 9 heteroatoms. The zero-order valence-electron chi connectivity index (χ0n) is 24.2. The molecule has 1 fully saturated rings. The molecule has 2 aromatic heterocycles. The maximum absolute atomic E-state index is 13.5. The number of likely N-dealkylation sites (tertiary alicyclic amines) is 1. The third kappa shape index (κ3) is 6.55. The van der Waals surface area contributed by atoms with Crippen LogP contribution in [-0.4, -0.2) is 59.5 Å². The van der Waals surface area contributed by atoms with Crippen LogP contribution in [0.4, 0.5) is 0 Å². The van der Waals surface area contributed by atoms with E-state index in [4.69, 9.17) is 16.3 Å². The van der Waals surface area contributed by atoms with Gasteiger partial charge in [0.05, 0.1) is 13.7 Å². The molecule has 0 radical (unpaired) electrons. The third-order valence-electron chi connectivity index (χ3n) is 8.47. The van der Waals surface area contributed by atoms with E-state index < -0.39 is 6.04 Å². The number of para-hydroxylation sites is 2. The molecule has 6 rings (SSSR count). The summed E-state index contributed by atoms with van der Waals surface area (Å²) in [5, 5.41) is 9.00. The Balaban J connectivity index is 1.10. The van der Waals surface area contributed by atoms with E-state index in [1.807, 2.05) is 72.9 Å². The second-order valence-electron chi connectivity index (χ2n) is 11.2. The highest BCUT2D eigenvalue weighted by Crippen LogP contribution is 2.34.